The average molecular weight is 284 g/mol. The van der Waals surface area contributed by atoms with Gasteiger partial charge in [0.15, 0.2) is 0 Å². The predicted molar refractivity (Wildman–Crippen MR) is 78.7 cm³/mol. The summed E-state index contributed by atoms with van der Waals surface area (Å²) in [5.41, 5.74) is 12.8. The molecule has 1 amide bonds. The predicted octanol–water partition coefficient (Wildman–Crippen LogP) is 1.89. The number of amides is 1. The number of unbranched alkanes of at least 4 members (excludes halogenated alkanes) is 1. The largest absolute Gasteiger partial charge is 0.369 e. The lowest BCUT2D eigenvalue weighted by molar-refractivity contribution is -0.119. The third-order valence-electron chi connectivity index (χ3n) is 2.95. The van der Waals surface area contributed by atoms with Crippen molar-refractivity contribution in [1.29, 1.82) is 0 Å². The quantitative estimate of drug-likeness (QED) is 0.765. The summed E-state index contributed by atoms with van der Waals surface area (Å²) in [5, 5.41) is 0.689. The van der Waals surface area contributed by atoms with E-state index in [0.29, 0.717) is 18.1 Å². The molecule has 0 aromatic heterocycles. The molecule has 1 rings (SSSR count). The number of nitrogens with zero attached hydrogens (tertiary/aromatic N) is 1. The van der Waals surface area contributed by atoms with Gasteiger partial charge >= 0.3 is 0 Å². The van der Waals surface area contributed by atoms with Crippen molar-refractivity contribution in [3.05, 3.63) is 34.3 Å². The van der Waals surface area contributed by atoms with Gasteiger partial charge in [-0.1, -0.05) is 37.1 Å². The zero-order valence-corrected chi connectivity index (χ0v) is 12.1. The van der Waals surface area contributed by atoms with E-state index in [1.165, 1.54) is 0 Å². The van der Waals surface area contributed by atoms with Gasteiger partial charge in [-0.05, 0) is 30.2 Å². The summed E-state index contributed by atoms with van der Waals surface area (Å²) in [5.74, 6) is -0.314. The van der Waals surface area contributed by atoms with Crippen LogP contribution in [-0.4, -0.2) is 23.9 Å². The zero-order valence-electron chi connectivity index (χ0n) is 11.4. The SMILES string of the molecule is CCCCN(CC(N)=O)Cc1ccc(CN)cc1Cl. The summed E-state index contributed by atoms with van der Waals surface area (Å²) >= 11 is 6.22. The van der Waals surface area contributed by atoms with Gasteiger partial charge in [0.05, 0.1) is 6.54 Å². The molecule has 19 heavy (non-hydrogen) atoms. The highest BCUT2D eigenvalue weighted by Crippen LogP contribution is 2.19. The molecule has 0 aliphatic carbocycles. The van der Waals surface area contributed by atoms with Crippen LogP contribution in [-0.2, 0) is 17.9 Å². The Labute approximate surface area is 119 Å². The van der Waals surface area contributed by atoms with Gasteiger partial charge in [0, 0.05) is 18.1 Å². The Morgan fingerprint density at radius 2 is 2.16 bits per heavy atom. The normalized spacial score (nSPS) is 10.9. The first-order valence-corrected chi connectivity index (χ1v) is 6.92. The molecule has 1 aromatic carbocycles. The van der Waals surface area contributed by atoms with Crippen molar-refractivity contribution < 1.29 is 4.79 Å². The molecule has 0 heterocycles. The first kappa shape index (κ1) is 16.0. The molecule has 0 unspecified atom stereocenters. The van der Waals surface area contributed by atoms with Crippen LogP contribution in [0.25, 0.3) is 0 Å². The van der Waals surface area contributed by atoms with E-state index in [-0.39, 0.29) is 12.5 Å². The Bertz CT molecular complexity index is 423. The van der Waals surface area contributed by atoms with Crippen molar-refractivity contribution >= 4 is 17.5 Å². The number of rotatable bonds is 8. The molecule has 0 atom stereocenters. The van der Waals surface area contributed by atoms with Gasteiger partial charge in [-0.15, -0.1) is 0 Å². The molecule has 5 heteroatoms. The van der Waals surface area contributed by atoms with Gasteiger partial charge in [-0.3, -0.25) is 9.69 Å². The minimum Gasteiger partial charge on any atom is -0.369 e. The smallest absolute Gasteiger partial charge is 0.231 e. The highest BCUT2D eigenvalue weighted by molar-refractivity contribution is 6.31. The minimum absolute atomic E-state index is 0.259. The molecular formula is C14H22ClN3O. The van der Waals surface area contributed by atoms with Gasteiger partial charge in [-0.25, -0.2) is 0 Å². The Kier molecular flexibility index (Phi) is 6.84. The molecule has 0 spiro atoms. The molecule has 0 aliphatic rings. The number of carbonyl (C=O) groups excluding carboxylic acids is 1. The molecule has 4 nitrogen and oxygen atoms in total. The van der Waals surface area contributed by atoms with Gasteiger partial charge in [0.2, 0.25) is 5.91 Å². The van der Waals surface area contributed by atoms with Crippen LogP contribution in [0.2, 0.25) is 5.02 Å². The number of carbonyl (C=O) groups is 1. The summed E-state index contributed by atoms with van der Waals surface area (Å²) in [6.45, 7) is 4.32. The topological polar surface area (TPSA) is 72.3 Å². The fourth-order valence-corrected chi connectivity index (χ4v) is 2.17. The summed E-state index contributed by atoms with van der Waals surface area (Å²) in [7, 11) is 0. The third kappa shape index (κ3) is 5.59. The number of benzene rings is 1. The van der Waals surface area contributed by atoms with Gasteiger partial charge in [-0.2, -0.15) is 0 Å². The lowest BCUT2D eigenvalue weighted by atomic mass is 10.1. The first-order valence-electron chi connectivity index (χ1n) is 6.54. The lowest BCUT2D eigenvalue weighted by Crippen LogP contribution is -2.34. The van der Waals surface area contributed by atoms with Crippen LogP contribution in [0.3, 0.4) is 0 Å². The van der Waals surface area contributed by atoms with E-state index in [4.69, 9.17) is 23.1 Å². The van der Waals surface area contributed by atoms with Crippen LogP contribution in [0, 0.1) is 0 Å². The second-order valence-corrected chi connectivity index (χ2v) is 5.07. The van der Waals surface area contributed by atoms with Crippen LogP contribution in [0.4, 0.5) is 0 Å². The Morgan fingerprint density at radius 3 is 2.68 bits per heavy atom. The lowest BCUT2D eigenvalue weighted by Gasteiger charge is -2.21. The highest BCUT2D eigenvalue weighted by Gasteiger charge is 2.11. The summed E-state index contributed by atoms with van der Waals surface area (Å²) < 4.78 is 0. The average Bonchev–Trinajstić information content (AvgIpc) is 2.37. The molecule has 106 valence electrons. The number of hydrogen-bond acceptors (Lipinski definition) is 3. The fourth-order valence-electron chi connectivity index (χ4n) is 1.90. The van der Waals surface area contributed by atoms with Gasteiger partial charge in [0.1, 0.15) is 0 Å². The van der Waals surface area contributed by atoms with Crippen LogP contribution in [0.15, 0.2) is 18.2 Å². The van der Waals surface area contributed by atoms with Crippen LogP contribution < -0.4 is 11.5 Å². The van der Waals surface area contributed by atoms with Crippen molar-refractivity contribution in [2.75, 3.05) is 13.1 Å². The first-order chi connectivity index (χ1) is 9.06. The molecule has 0 bridgehead atoms. The number of hydrogen-bond donors (Lipinski definition) is 2. The molecule has 0 saturated heterocycles. The summed E-state index contributed by atoms with van der Waals surface area (Å²) in [6, 6.07) is 5.80. The molecule has 0 fully saturated rings. The second-order valence-electron chi connectivity index (χ2n) is 4.66. The summed E-state index contributed by atoms with van der Waals surface area (Å²) in [4.78, 5) is 13.1. The van der Waals surface area contributed by atoms with Crippen LogP contribution in [0.1, 0.15) is 30.9 Å². The van der Waals surface area contributed by atoms with Crippen molar-refractivity contribution in [2.45, 2.75) is 32.9 Å². The molecule has 0 aliphatic heterocycles. The fraction of sp³-hybridized carbons (Fsp3) is 0.500. The van der Waals surface area contributed by atoms with E-state index in [1.54, 1.807) is 0 Å². The van der Waals surface area contributed by atoms with Gasteiger partial charge < -0.3 is 11.5 Å². The van der Waals surface area contributed by atoms with Crippen molar-refractivity contribution in [3.63, 3.8) is 0 Å². The van der Waals surface area contributed by atoms with Crippen molar-refractivity contribution in [1.82, 2.24) is 4.90 Å². The van der Waals surface area contributed by atoms with E-state index in [2.05, 4.69) is 6.92 Å². The van der Waals surface area contributed by atoms with Crippen molar-refractivity contribution in [3.8, 4) is 0 Å². The second kappa shape index (κ2) is 8.15. The minimum atomic E-state index is -0.314. The Hall–Kier alpha value is -1.10. The van der Waals surface area contributed by atoms with Crippen LogP contribution >= 0.6 is 11.6 Å². The monoisotopic (exact) mass is 283 g/mol. The molecule has 4 N–H and O–H groups in total. The molecular weight excluding hydrogens is 262 g/mol. The number of nitrogens with two attached hydrogens (primary N) is 2. The maximum Gasteiger partial charge on any atom is 0.231 e. The van der Waals surface area contributed by atoms with Crippen molar-refractivity contribution in [2.24, 2.45) is 11.5 Å². The Balaban J connectivity index is 2.74. The third-order valence-corrected chi connectivity index (χ3v) is 3.31. The maximum atomic E-state index is 11.1. The summed E-state index contributed by atoms with van der Waals surface area (Å²) in [6.07, 6.45) is 2.11. The molecule has 0 radical (unpaired) electrons. The Morgan fingerprint density at radius 1 is 1.42 bits per heavy atom. The van der Waals surface area contributed by atoms with E-state index in [0.717, 1.165) is 30.5 Å². The van der Waals surface area contributed by atoms with E-state index < -0.39 is 0 Å². The zero-order chi connectivity index (χ0) is 14.3. The van der Waals surface area contributed by atoms with E-state index >= 15 is 0 Å². The van der Waals surface area contributed by atoms with Gasteiger partial charge in [0.25, 0.3) is 0 Å². The highest BCUT2D eigenvalue weighted by atomic mass is 35.5. The van der Waals surface area contributed by atoms with E-state index in [1.807, 2.05) is 23.1 Å². The molecule has 1 aromatic rings. The van der Waals surface area contributed by atoms with Crippen LogP contribution in [0.5, 0.6) is 0 Å². The number of halogens is 1. The van der Waals surface area contributed by atoms with E-state index in [9.17, 15) is 4.79 Å². The number of primary amides is 1. The molecule has 0 saturated carbocycles. The standard InChI is InChI=1S/C14H22ClN3O/c1-2-3-6-18(10-14(17)19)9-12-5-4-11(8-16)7-13(12)15/h4-5,7H,2-3,6,8-10,16H2,1H3,(H2,17,19). The maximum absolute atomic E-state index is 11.1.